The molecule has 92 valence electrons. The number of aromatic nitrogens is 1. The second-order valence-corrected chi connectivity index (χ2v) is 4.55. The van der Waals surface area contributed by atoms with E-state index in [1.54, 1.807) is 0 Å². The van der Waals surface area contributed by atoms with Crippen LogP contribution in [-0.2, 0) is 6.54 Å². The van der Waals surface area contributed by atoms with Crippen molar-refractivity contribution in [2.24, 2.45) is 0 Å². The molecule has 0 bridgehead atoms. The van der Waals surface area contributed by atoms with E-state index in [2.05, 4.69) is 15.6 Å². The summed E-state index contributed by atoms with van der Waals surface area (Å²) in [6, 6.07) is 13.3. The Labute approximate surface area is 116 Å². The van der Waals surface area contributed by atoms with Crippen molar-refractivity contribution < 1.29 is 4.98 Å². The molecule has 0 atom stereocenters. The Balaban J connectivity index is 1.86. The molecule has 5 heteroatoms. The third kappa shape index (κ3) is 3.98. The third-order valence-electron chi connectivity index (χ3n) is 2.30. The molecule has 0 amide bonds. The first kappa shape index (κ1) is 12.8. The number of hydrogen-bond donors (Lipinski definition) is 2. The molecule has 0 radical (unpaired) electrons. The zero-order valence-electron chi connectivity index (χ0n) is 9.61. The molecule has 18 heavy (non-hydrogen) atoms. The maximum Gasteiger partial charge on any atom is 0.198 e. The molecule has 1 aromatic heterocycles. The van der Waals surface area contributed by atoms with E-state index in [0.717, 1.165) is 11.4 Å². The van der Waals surface area contributed by atoms with E-state index in [-0.39, 0.29) is 0 Å². The lowest BCUT2D eigenvalue weighted by Crippen LogP contribution is -2.30. The van der Waals surface area contributed by atoms with Gasteiger partial charge >= 0.3 is 0 Å². The molecule has 0 spiro atoms. The van der Waals surface area contributed by atoms with Gasteiger partial charge in [-0.3, -0.25) is 0 Å². The summed E-state index contributed by atoms with van der Waals surface area (Å²) < 4.78 is 0. The Hall–Kier alpha value is -1.65. The first-order valence-corrected chi connectivity index (χ1v) is 6.29. The molecule has 0 fully saturated rings. The van der Waals surface area contributed by atoms with Crippen LogP contribution in [0.4, 0.5) is 5.69 Å². The Kier molecular flexibility index (Phi) is 4.50. The summed E-state index contributed by atoms with van der Waals surface area (Å²) in [4.78, 5) is 3.13. The fourth-order valence-corrected chi connectivity index (χ4v) is 1.84. The molecule has 0 aliphatic heterocycles. The van der Waals surface area contributed by atoms with Gasteiger partial charge in [0.15, 0.2) is 17.0 Å². The smallest absolute Gasteiger partial charge is 0.198 e. The number of halogens is 1. The number of rotatable bonds is 3. The molecular formula is C13H13ClN3S+. The molecule has 3 nitrogen and oxygen atoms in total. The lowest BCUT2D eigenvalue weighted by molar-refractivity contribution is -0.390. The first-order chi connectivity index (χ1) is 8.74. The molecule has 0 aliphatic carbocycles. The summed E-state index contributed by atoms with van der Waals surface area (Å²) in [6.07, 6.45) is 1.88. The van der Waals surface area contributed by atoms with E-state index in [4.69, 9.17) is 23.8 Å². The van der Waals surface area contributed by atoms with Gasteiger partial charge in [0.2, 0.25) is 0 Å². The van der Waals surface area contributed by atoms with Gasteiger partial charge in [0.05, 0.1) is 0 Å². The summed E-state index contributed by atoms with van der Waals surface area (Å²) in [5, 5.41) is 7.43. The van der Waals surface area contributed by atoms with Crippen molar-refractivity contribution in [3.63, 3.8) is 0 Å². The highest BCUT2D eigenvalue weighted by molar-refractivity contribution is 7.80. The quantitative estimate of drug-likeness (QED) is 0.848. The number of benzene rings is 1. The number of aromatic amines is 1. The molecule has 0 saturated heterocycles. The summed E-state index contributed by atoms with van der Waals surface area (Å²) >= 11 is 11.1. The van der Waals surface area contributed by atoms with Gasteiger partial charge in [-0.1, -0.05) is 23.7 Å². The molecule has 1 heterocycles. The van der Waals surface area contributed by atoms with Crippen LogP contribution >= 0.6 is 23.8 Å². The van der Waals surface area contributed by atoms with Gasteiger partial charge < -0.3 is 10.6 Å². The first-order valence-electron chi connectivity index (χ1n) is 5.50. The molecule has 0 unspecified atom stereocenters. The third-order valence-corrected chi connectivity index (χ3v) is 2.78. The highest BCUT2D eigenvalue weighted by atomic mass is 35.5. The molecule has 2 rings (SSSR count). The van der Waals surface area contributed by atoms with Crippen molar-refractivity contribution in [3.8, 4) is 0 Å². The minimum absolute atomic E-state index is 0.564. The van der Waals surface area contributed by atoms with Crippen molar-refractivity contribution in [1.29, 1.82) is 0 Å². The van der Waals surface area contributed by atoms with Gasteiger partial charge in [-0.15, -0.1) is 0 Å². The van der Waals surface area contributed by atoms with Gasteiger partial charge in [0.25, 0.3) is 0 Å². The average molecular weight is 279 g/mol. The van der Waals surface area contributed by atoms with Crippen LogP contribution in [0.3, 0.4) is 0 Å². The van der Waals surface area contributed by atoms with Crippen LogP contribution in [0.15, 0.2) is 48.7 Å². The highest BCUT2D eigenvalue weighted by Crippen LogP contribution is 2.14. The zero-order valence-corrected chi connectivity index (χ0v) is 11.2. The monoisotopic (exact) mass is 278 g/mol. The fraction of sp³-hybridized carbons (Fsp3) is 0.0769. The normalized spacial score (nSPS) is 9.83. The minimum Gasteiger partial charge on any atom is -0.352 e. The van der Waals surface area contributed by atoms with E-state index in [9.17, 15) is 0 Å². The van der Waals surface area contributed by atoms with E-state index in [1.165, 1.54) is 0 Å². The number of pyridine rings is 1. The largest absolute Gasteiger partial charge is 0.352 e. The molecule has 0 saturated carbocycles. The van der Waals surface area contributed by atoms with Crippen LogP contribution in [0.25, 0.3) is 0 Å². The van der Waals surface area contributed by atoms with Crippen LogP contribution < -0.4 is 15.6 Å². The topological polar surface area (TPSA) is 38.2 Å². The summed E-state index contributed by atoms with van der Waals surface area (Å²) in [7, 11) is 0. The average Bonchev–Trinajstić information content (AvgIpc) is 2.38. The molecule has 1 aromatic carbocycles. The predicted molar refractivity (Wildman–Crippen MR) is 77.5 cm³/mol. The Bertz CT molecular complexity index is 531. The maximum atomic E-state index is 5.89. The van der Waals surface area contributed by atoms with E-state index in [1.807, 2.05) is 48.7 Å². The number of H-pyrrole nitrogens is 1. The van der Waals surface area contributed by atoms with Crippen molar-refractivity contribution >= 4 is 34.6 Å². The van der Waals surface area contributed by atoms with Crippen LogP contribution in [0.5, 0.6) is 0 Å². The number of anilines is 1. The Morgan fingerprint density at radius 3 is 2.83 bits per heavy atom. The van der Waals surface area contributed by atoms with Crippen molar-refractivity contribution in [2.75, 3.05) is 5.32 Å². The van der Waals surface area contributed by atoms with Gasteiger partial charge in [0.1, 0.15) is 6.54 Å². The van der Waals surface area contributed by atoms with E-state index < -0.39 is 0 Å². The van der Waals surface area contributed by atoms with Gasteiger partial charge in [-0.05, 0) is 30.4 Å². The van der Waals surface area contributed by atoms with Gasteiger partial charge in [-0.25, -0.2) is 4.98 Å². The van der Waals surface area contributed by atoms with Crippen LogP contribution in [0.2, 0.25) is 5.02 Å². The number of hydrogen-bond acceptors (Lipinski definition) is 1. The Morgan fingerprint density at radius 2 is 2.11 bits per heavy atom. The van der Waals surface area contributed by atoms with Crippen molar-refractivity contribution in [2.45, 2.75) is 6.54 Å². The maximum absolute atomic E-state index is 5.89. The van der Waals surface area contributed by atoms with Crippen LogP contribution in [0, 0.1) is 0 Å². The number of nitrogens with one attached hydrogen (secondary N) is 3. The second-order valence-electron chi connectivity index (χ2n) is 3.71. The fourth-order valence-electron chi connectivity index (χ4n) is 1.46. The second kappa shape index (κ2) is 6.33. The molecule has 2 aromatic rings. The lowest BCUT2D eigenvalue weighted by Gasteiger charge is -2.08. The summed E-state index contributed by atoms with van der Waals surface area (Å²) in [6.45, 7) is 0.646. The minimum atomic E-state index is 0.564. The zero-order chi connectivity index (χ0) is 12.8. The number of thiocarbonyl (C=S) groups is 1. The molecular weight excluding hydrogens is 266 g/mol. The standard InChI is InChI=1S/C13H12ClN3S/c14-10-4-3-6-11(8-10)17-13(18)16-9-12-5-1-2-7-15-12/h1-8H,9H2,(H2,16,17,18)/p+1. The van der Waals surface area contributed by atoms with Crippen molar-refractivity contribution in [1.82, 2.24) is 5.32 Å². The van der Waals surface area contributed by atoms with Crippen LogP contribution in [-0.4, -0.2) is 5.11 Å². The van der Waals surface area contributed by atoms with Gasteiger partial charge in [0, 0.05) is 22.8 Å². The van der Waals surface area contributed by atoms with Gasteiger partial charge in [-0.2, -0.15) is 0 Å². The van der Waals surface area contributed by atoms with E-state index in [0.29, 0.717) is 16.7 Å². The SMILES string of the molecule is S=C(NCc1cccc[nH+]1)Nc1cccc(Cl)c1. The Morgan fingerprint density at radius 1 is 1.22 bits per heavy atom. The summed E-state index contributed by atoms with van der Waals surface area (Å²) in [5.74, 6) is 0. The predicted octanol–water partition coefficient (Wildman–Crippen LogP) is 2.64. The van der Waals surface area contributed by atoms with E-state index >= 15 is 0 Å². The summed E-state index contributed by atoms with van der Waals surface area (Å²) in [5.41, 5.74) is 1.93. The highest BCUT2D eigenvalue weighted by Gasteiger charge is 2.01. The lowest BCUT2D eigenvalue weighted by atomic mass is 10.3. The molecule has 0 aliphatic rings. The van der Waals surface area contributed by atoms with Crippen LogP contribution in [0.1, 0.15) is 5.69 Å². The molecule has 3 N–H and O–H groups in total. The van der Waals surface area contributed by atoms with Crippen molar-refractivity contribution in [3.05, 3.63) is 59.4 Å².